The Morgan fingerprint density at radius 3 is 1.69 bits per heavy atom. The van der Waals surface area contributed by atoms with Gasteiger partial charge in [0.1, 0.15) is 11.5 Å². The Labute approximate surface area is 212 Å². The molecule has 192 valence electrons. The largest absolute Gasteiger partial charge is 0.508 e. The zero-order valence-corrected chi connectivity index (χ0v) is 22.8. The van der Waals surface area contributed by atoms with Crippen LogP contribution in [-0.4, -0.2) is 22.2 Å². The molecule has 1 amide bonds. The van der Waals surface area contributed by atoms with Gasteiger partial charge in [-0.25, -0.2) is 0 Å². The quantitative estimate of drug-likeness (QED) is 0.409. The second-order valence-electron chi connectivity index (χ2n) is 12.7. The molecule has 2 aromatic carbocycles. The highest BCUT2D eigenvalue weighted by Crippen LogP contribution is 2.43. The zero-order valence-electron chi connectivity index (χ0n) is 22.8. The molecule has 4 heteroatoms. The lowest BCUT2D eigenvalue weighted by Crippen LogP contribution is -2.37. The summed E-state index contributed by atoms with van der Waals surface area (Å²) in [6.07, 6.45) is 6.84. The van der Waals surface area contributed by atoms with Crippen LogP contribution >= 0.6 is 0 Å². The van der Waals surface area contributed by atoms with Crippen LogP contribution in [0.5, 0.6) is 11.5 Å². The van der Waals surface area contributed by atoms with Gasteiger partial charge in [-0.3, -0.25) is 4.79 Å². The molecule has 0 heterocycles. The van der Waals surface area contributed by atoms with Crippen molar-refractivity contribution < 1.29 is 15.0 Å². The first kappa shape index (κ1) is 27.1. The topological polar surface area (TPSA) is 69.6 Å². The average molecular weight is 480 g/mol. The van der Waals surface area contributed by atoms with Crippen LogP contribution < -0.4 is 5.32 Å². The van der Waals surface area contributed by atoms with E-state index < -0.39 is 5.41 Å². The number of amides is 1. The summed E-state index contributed by atoms with van der Waals surface area (Å²) in [6, 6.07) is 12.0. The maximum Gasteiger partial charge on any atom is 0.220 e. The first-order chi connectivity index (χ1) is 16.2. The summed E-state index contributed by atoms with van der Waals surface area (Å²) >= 11 is 0. The van der Waals surface area contributed by atoms with E-state index in [1.807, 2.05) is 12.1 Å². The number of carbonyl (C=O) groups is 1. The third-order valence-electron chi connectivity index (χ3n) is 7.71. The van der Waals surface area contributed by atoms with E-state index in [2.05, 4.69) is 65.9 Å². The van der Waals surface area contributed by atoms with E-state index in [-0.39, 0.29) is 16.7 Å². The molecule has 0 aliphatic heterocycles. The van der Waals surface area contributed by atoms with Crippen LogP contribution in [0.4, 0.5) is 0 Å². The molecule has 3 N–H and O–H groups in total. The normalized spacial score (nSPS) is 15.7. The van der Waals surface area contributed by atoms with Crippen molar-refractivity contribution in [3.63, 3.8) is 0 Å². The molecule has 0 radical (unpaired) electrons. The molecular weight excluding hydrogens is 434 g/mol. The smallest absolute Gasteiger partial charge is 0.220 e. The summed E-state index contributed by atoms with van der Waals surface area (Å²) in [5, 5.41) is 24.5. The van der Waals surface area contributed by atoms with Gasteiger partial charge in [-0.15, -0.1) is 0 Å². The lowest BCUT2D eigenvalue weighted by molar-refractivity contribution is -0.122. The number of benzene rings is 2. The molecule has 0 aromatic heterocycles. The van der Waals surface area contributed by atoms with E-state index in [4.69, 9.17) is 0 Å². The molecule has 0 atom stereocenters. The van der Waals surface area contributed by atoms with E-state index in [0.717, 1.165) is 35.1 Å². The summed E-state index contributed by atoms with van der Waals surface area (Å²) in [5.74, 6) is 0.687. The highest BCUT2D eigenvalue weighted by molar-refractivity contribution is 5.76. The van der Waals surface area contributed by atoms with Gasteiger partial charge in [0, 0.05) is 17.9 Å². The monoisotopic (exact) mass is 479 g/mol. The summed E-state index contributed by atoms with van der Waals surface area (Å²) in [6.45, 7) is 14.8. The van der Waals surface area contributed by atoms with Gasteiger partial charge >= 0.3 is 0 Å². The van der Waals surface area contributed by atoms with E-state index in [0.29, 0.717) is 30.4 Å². The minimum atomic E-state index is -0.467. The maximum atomic E-state index is 13.0. The minimum absolute atomic E-state index is 0.104. The van der Waals surface area contributed by atoms with Crippen molar-refractivity contribution in [2.75, 3.05) is 0 Å². The van der Waals surface area contributed by atoms with Crippen LogP contribution in [0, 0.1) is 0 Å². The number of nitrogens with one attached hydrogen (secondary N) is 1. The first-order valence-electron chi connectivity index (χ1n) is 13.2. The number of carbonyl (C=O) groups excluding carboxylic acids is 1. The average Bonchev–Trinajstić information content (AvgIpc) is 2.77. The Hall–Kier alpha value is -2.49. The third kappa shape index (κ3) is 6.39. The molecule has 3 rings (SSSR count). The molecule has 0 saturated heterocycles. The predicted octanol–water partition coefficient (Wildman–Crippen LogP) is 7.23. The molecule has 0 bridgehead atoms. The predicted molar refractivity (Wildman–Crippen MR) is 144 cm³/mol. The van der Waals surface area contributed by atoms with Gasteiger partial charge in [-0.1, -0.05) is 92.0 Å². The van der Waals surface area contributed by atoms with E-state index >= 15 is 0 Å². The van der Waals surface area contributed by atoms with Gasteiger partial charge in [0.2, 0.25) is 5.91 Å². The summed E-state index contributed by atoms with van der Waals surface area (Å²) in [7, 11) is 0. The molecule has 1 aliphatic rings. The fourth-order valence-corrected chi connectivity index (χ4v) is 5.33. The van der Waals surface area contributed by atoms with Crippen molar-refractivity contribution in [1.29, 1.82) is 0 Å². The second-order valence-corrected chi connectivity index (χ2v) is 12.7. The van der Waals surface area contributed by atoms with Crippen LogP contribution in [-0.2, 0) is 21.0 Å². The Morgan fingerprint density at radius 1 is 0.800 bits per heavy atom. The van der Waals surface area contributed by atoms with Crippen molar-refractivity contribution in [2.24, 2.45) is 0 Å². The molecule has 35 heavy (non-hydrogen) atoms. The van der Waals surface area contributed by atoms with E-state index in [9.17, 15) is 15.0 Å². The van der Waals surface area contributed by atoms with Gasteiger partial charge in [0.05, 0.1) is 0 Å². The molecule has 1 fully saturated rings. The van der Waals surface area contributed by atoms with Crippen LogP contribution in [0.15, 0.2) is 36.4 Å². The van der Waals surface area contributed by atoms with Gasteiger partial charge in [0.25, 0.3) is 0 Å². The fraction of sp³-hybridized carbons (Fsp3) is 0.581. The van der Waals surface area contributed by atoms with Crippen molar-refractivity contribution in [2.45, 2.75) is 116 Å². The second kappa shape index (κ2) is 10.2. The number of phenolic OH excluding ortho intramolecular Hbond substituents is 2. The number of hydrogen-bond acceptors (Lipinski definition) is 3. The van der Waals surface area contributed by atoms with Gasteiger partial charge < -0.3 is 15.5 Å². The molecule has 0 spiro atoms. The Morgan fingerprint density at radius 2 is 1.26 bits per heavy atom. The maximum absolute atomic E-state index is 13.0. The lowest BCUT2D eigenvalue weighted by Gasteiger charge is -2.34. The highest BCUT2D eigenvalue weighted by Gasteiger charge is 2.33. The van der Waals surface area contributed by atoms with Crippen molar-refractivity contribution in [1.82, 2.24) is 5.32 Å². The van der Waals surface area contributed by atoms with Crippen LogP contribution in [0.25, 0.3) is 0 Å². The molecule has 1 aliphatic carbocycles. The van der Waals surface area contributed by atoms with Crippen molar-refractivity contribution in [3.8, 4) is 11.5 Å². The van der Waals surface area contributed by atoms with Crippen molar-refractivity contribution >= 4 is 5.91 Å². The third-order valence-corrected chi connectivity index (χ3v) is 7.71. The molecule has 4 nitrogen and oxygen atoms in total. The Kier molecular flexibility index (Phi) is 7.93. The number of rotatable bonds is 6. The standard InChI is InChI=1S/C31H45NO3/c1-29(2,3)24-19-21(13-15-26(24)33)31(7,18-17-28(35)32-23-11-9-8-10-12-23)22-14-16-27(34)25(20-22)30(4,5)6/h13-16,19-20,23,33-34H,8-12,17-18H2,1-7H3,(H,32,35). The van der Waals surface area contributed by atoms with Crippen LogP contribution in [0.1, 0.15) is 116 Å². The van der Waals surface area contributed by atoms with Gasteiger partial charge in [-0.2, -0.15) is 0 Å². The summed E-state index contributed by atoms with van der Waals surface area (Å²) in [4.78, 5) is 13.0. The van der Waals surface area contributed by atoms with Crippen LogP contribution in [0.2, 0.25) is 0 Å². The Bertz CT molecular complexity index is 973. The van der Waals surface area contributed by atoms with Crippen LogP contribution in [0.3, 0.4) is 0 Å². The molecule has 0 unspecified atom stereocenters. The van der Waals surface area contributed by atoms with E-state index in [1.54, 1.807) is 12.1 Å². The highest BCUT2D eigenvalue weighted by atomic mass is 16.3. The number of aromatic hydroxyl groups is 2. The first-order valence-corrected chi connectivity index (χ1v) is 13.2. The Balaban J connectivity index is 2.01. The van der Waals surface area contributed by atoms with Crippen molar-refractivity contribution in [3.05, 3.63) is 58.7 Å². The fourth-order valence-electron chi connectivity index (χ4n) is 5.33. The lowest BCUT2D eigenvalue weighted by atomic mass is 9.70. The molecule has 2 aromatic rings. The minimum Gasteiger partial charge on any atom is -0.508 e. The van der Waals surface area contributed by atoms with E-state index in [1.165, 1.54) is 19.3 Å². The summed E-state index contributed by atoms with van der Waals surface area (Å²) in [5.41, 5.74) is 3.01. The number of hydrogen-bond donors (Lipinski definition) is 3. The zero-order chi connectivity index (χ0) is 26.0. The molecular formula is C31H45NO3. The number of phenols is 2. The van der Waals surface area contributed by atoms with Gasteiger partial charge in [0.15, 0.2) is 0 Å². The van der Waals surface area contributed by atoms with Gasteiger partial charge in [-0.05, 0) is 64.5 Å². The summed E-state index contributed by atoms with van der Waals surface area (Å²) < 4.78 is 0. The molecule has 1 saturated carbocycles. The SMILES string of the molecule is CC(C)(C)c1cc(C(C)(CCC(=O)NC2CCCCC2)c2ccc(O)c(C(C)(C)C)c2)ccc1O.